The van der Waals surface area contributed by atoms with Crippen LogP contribution >= 0.6 is 0 Å². The summed E-state index contributed by atoms with van der Waals surface area (Å²) in [4.78, 5) is 25.3. The minimum atomic E-state index is -0.438. The zero-order valence-corrected chi connectivity index (χ0v) is 11.5. The number of amides is 1. The van der Waals surface area contributed by atoms with E-state index in [-0.39, 0.29) is 12.5 Å². The molecule has 1 amide bonds. The van der Waals surface area contributed by atoms with Gasteiger partial charge in [0.2, 0.25) is 0 Å². The highest BCUT2D eigenvalue weighted by Crippen LogP contribution is 2.17. The largest absolute Gasteiger partial charge is 0.468 e. The number of benzene rings is 1. The first-order valence-corrected chi connectivity index (χ1v) is 6.46. The van der Waals surface area contributed by atoms with Crippen molar-refractivity contribution < 1.29 is 14.3 Å². The fourth-order valence-electron chi connectivity index (χ4n) is 2.02. The molecule has 2 rings (SSSR count). The third kappa shape index (κ3) is 2.79. The fourth-order valence-corrected chi connectivity index (χ4v) is 2.02. The molecule has 6 nitrogen and oxygen atoms in total. The van der Waals surface area contributed by atoms with E-state index in [1.807, 2.05) is 31.2 Å². The highest BCUT2D eigenvalue weighted by molar-refractivity contribution is 6.05. The Morgan fingerprint density at radius 3 is 2.80 bits per heavy atom. The van der Waals surface area contributed by atoms with Crippen LogP contribution in [0.25, 0.3) is 10.9 Å². The normalized spacial score (nSPS) is 10.5. The van der Waals surface area contributed by atoms with Gasteiger partial charge in [0.15, 0.2) is 5.69 Å². The van der Waals surface area contributed by atoms with Crippen molar-refractivity contribution in [1.82, 2.24) is 15.1 Å². The monoisotopic (exact) mass is 275 g/mol. The Morgan fingerprint density at radius 1 is 1.35 bits per heavy atom. The molecule has 0 aliphatic carbocycles. The summed E-state index contributed by atoms with van der Waals surface area (Å²) < 4.78 is 4.62. The maximum absolute atomic E-state index is 12.5. The molecule has 0 saturated carbocycles. The second kappa shape index (κ2) is 6.18. The number of carbonyl (C=O) groups is 2. The maximum Gasteiger partial charge on any atom is 0.325 e. The Kier molecular flexibility index (Phi) is 4.34. The molecule has 1 N–H and O–H groups in total. The van der Waals surface area contributed by atoms with Crippen LogP contribution in [0.4, 0.5) is 0 Å². The van der Waals surface area contributed by atoms with E-state index >= 15 is 0 Å². The lowest BCUT2D eigenvalue weighted by molar-refractivity contribution is -0.141. The smallest absolute Gasteiger partial charge is 0.325 e. The Hall–Kier alpha value is -2.37. The van der Waals surface area contributed by atoms with Crippen LogP contribution in [0.1, 0.15) is 23.8 Å². The molecule has 0 aliphatic heterocycles. The predicted molar refractivity (Wildman–Crippen MR) is 74.3 cm³/mol. The lowest BCUT2D eigenvalue weighted by Gasteiger charge is -2.19. The molecule has 20 heavy (non-hydrogen) atoms. The zero-order chi connectivity index (χ0) is 14.5. The molecule has 0 bridgehead atoms. The number of nitrogens with one attached hydrogen (secondary N) is 1. The Bertz CT molecular complexity index is 621. The zero-order valence-electron chi connectivity index (χ0n) is 11.5. The van der Waals surface area contributed by atoms with Gasteiger partial charge in [0.05, 0.1) is 12.6 Å². The molecule has 1 heterocycles. The van der Waals surface area contributed by atoms with Gasteiger partial charge in [0, 0.05) is 11.9 Å². The van der Waals surface area contributed by atoms with E-state index < -0.39 is 5.97 Å². The first-order chi connectivity index (χ1) is 9.67. The van der Waals surface area contributed by atoms with Gasteiger partial charge in [0.1, 0.15) is 6.54 Å². The molecule has 2 aromatic rings. The Balaban J connectivity index is 2.29. The molecule has 0 fully saturated rings. The van der Waals surface area contributed by atoms with Gasteiger partial charge in [0.25, 0.3) is 5.91 Å². The molecule has 1 aromatic carbocycles. The number of fused-ring (bicyclic) bond motifs is 1. The van der Waals surface area contributed by atoms with Crippen LogP contribution in [0.15, 0.2) is 24.3 Å². The summed E-state index contributed by atoms with van der Waals surface area (Å²) in [6.45, 7) is 2.36. The molecule has 0 radical (unpaired) electrons. The molecule has 0 atom stereocenters. The number of aromatic amines is 1. The highest BCUT2D eigenvalue weighted by atomic mass is 16.5. The van der Waals surface area contributed by atoms with E-state index in [0.717, 1.165) is 17.3 Å². The van der Waals surface area contributed by atoms with Crippen LogP contribution in [0.5, 0.6) is 0 Å². The van der Waals surface area contributed by atoms with Crippen LogP contribution in [0.2, 0.25) is 0 Å². The molecule has 0 aliphatic rings. The third-order valence-electron chi connectivity index (χ3n) is 3.00. The maximum atomic E-state index is 12.5. The summed E-state index contributed by atoms with van der Waals surface area (Å²) in [5.74, 6) is -0.707. The van der Waals surface area contributed by atoms with Crippen LogP contribution in [0.3, 0.4) is 0 Å². The molecule has 0 unspecified atom stereocenters. The van der Waals surface area contributed by atoms with Gasteiger partial charge in [-0.1, -0.05) is 25.1 Å². The van der Waals surface area contributed by atoms with Crippen LogP contribution in [-0.4, -0.2) is 47.2 Å². The van der Waals surface area contributed by atoms with Crippen LogP contribution in [-0.2, 0) is 9.53 Å². The van der Waals surface area contributed by atoms with E-state index in [2.05, 4.69) is 14.9 Å². The number of H-pyrrole nitrogens is 1. The van der Waals surface area contributed by atoms with Gasteiger partial charge in [-0.15, -0.1) is 0 Å². The Labute approximate surface area is 116 Å². The number of esters is 1. The number of hydrogen-bond donors (Lipinski definition) is 1. The van der Waals surface area contributed by atoms with Crippen LogP contribution < -0.4 is 0 Å². The van der Waals surface area contributed by atoms with Crippen molar-refractivity contribution in [2.45, 2.75) is 13.3 Å². The summed E-state index contributed by atoms with van der Waals surface area (Å²) >= 11 is 0. The second-order valence-electron chi connectivity index (χ2n) is 4.42. The number of aromatic nitrogens is 2. The fraction of sp³-hybridized carbons (Fsp3) is 0.357. The topological polar surface area (TPSA) is 75.3 Å². The summed E-state index contributed by atoms with van der Waals surface area (Å²) in [6, 6.07) is 7.39. The summed E-state index contributed by atoms with van der Waals surface area (Å²) in [7, 11) is 1.31. The standard InChI is InChI=1S/C14H17N3O3/c1-3-8-17(9-12(18)20-2)14(19)13-10-6-4-5-7-11(10)15-16-13/h4-7H,3,8-9H2,1-2H3,(H,15,16). The number of hydrogen-bond acceptors (Lipinski definition) is 4. The quantitative estimate of drug-likeness (QED) is 0.841. The van der Waals surface area contributed by atoms with Crippen molar-refractivity contribution in [3.8, 4) is 0 Å². The number of carbonyl (C=O) groups excluding carboxylic acids is 2. The van der Waals surface area contributed by atoms with Crippen molar-refractivity contribution in [2.24, 2.45) is 0 Å². The summed E-state index contributed by atoms with van der Waals surface area (Å²) in [6.07, 6.45) is 0.755. The minimum Gasteiger partial charge on any atom is -0.468 e. The number of para-hydroxylation sites is 1. The minimum absolute atomic E-state index is 0.0651. The van der Waals surface area contributed by atoms with Gasteiger partial charge in [-0.2, -0.15) is 5.10 Å². The highest BCUT2D eigenvalue weighted by Gasteiger charge is 2.22. The van der Waals surface area contributed by atoms with Crippen molar-refractivity contribution in [1.29, 1.82) is 0 Å². The van der Waals surface area contributed by atoms with E-state index in [1.165, 1.54) is 12.0 Å². The summed E-state index contributed by atoms with van der Waals surface area (Å²) in [5, 5.41) is 7.64. The third-order valence-corrected chi connectivity index (χ3v) is 3.00. The molecule has 6 heteroatoms. The number of nitrogens with zero attached hydrogens (tertiary/aromatic N) is 2. The van der Waals surface area contributed by atoms with Gasteiger partial charge in [-0.05, 0) is 12.5 Å². The van der Waals surface area contributed by atoms with Crippen molar-refractivity contribution in [2.75, 3.05) is 20.2 Å². The predicted octanol–water partition coefficient (Wildman–Crippen LogP) is 1.59. The first-order valence-electron chi connectivity index (χ1n) is 6.46. The van der Waals surface area contributed by atoms with Gasteiger partial charge in [-0.3, -0.25) is 14.7 Å². The number of rotatable bonds is 5. The first kappa shape index (κ1) is 14.0. The SMILES string of the molecule is CCCN(CC(=O)OC)C(=O)c1n[nH]c2ccccc12. The van der Waals surface area contributed by atoms with E-state index in [1.54, 1.807) is 0 Å². The number of ether oxygens (including phenoxy) is 1. The average Bonchev–Trinajstić information content (AvgIpc) is 2.89. The van der Waals surface area contributed by atoms with Gasteiger partial charge in [-0.25, -0.2) is 0 Å². The lowest BCUT2D eigenvalue weighted by Crippen LogP contribution is -2.37. The van der Waals surface area contributed by atoms with E-state index in [4.69, 9.17) is 0 Å². The Morgan fingerprint density at radius 2 is 2.10 bits per heavy atom. The molecular weight excluding hydrogens is 258 g/mol. The molecular formula is C14H17N3O3. The molecule has 1 aromatic heterocycles. The molecule has 106 valence electrons. The van der Waals surface area contributed by atoms with E-state index in [0.29, 0.717) is 12.2 Å². The second-order valence-corrected chi connectivity index (χ2v) is 4.42. The number of methoxy groups -OCH3 is 1. The molecule has 0 saturated heterocycles. The van der Waals surface area contributed by atoms with Gasteiger partial charge >= 0.3 is 5.97 Å². The lowest BCUT2D eigenvalue weighted by atomic mass is 10.2. The average molecular weight is 275 g/mol. The molecule has 0 spiro atoms. The summed E-state index contributed by atoms with van der Waals surface area (Å²) in [5.41, 5.74) is 1.13. The van der Waals surface area contributed by atoms with Crippen molar-refractivity contribution in [3.63, 3.8) is 0 Å². The van der Waals surface area contributed by atoms with Gasteiger partial charge < -0.3 is 9.64 Å². The van der Waals surface area contributed by atoms with E-state index in [9.17, 15) is 9.59 Å². The van der Waals surface area contributed by atoms with Crippen LogP contribution in [0, 0.1) is 0 Å². The van der Waals surface area contributed by atoms with Crippen molar-refractivity contribution in [3.05, 3.63) is 30.0 Å². The van der Waals surface area contributed by atoms with Crippen molar-refractivity contribution >= 4 is 22.8 Å².